The molecule has 1 saturated heterocycles. The molecule has 1 aliphatic heterocycles. The fourth-order valence-corrected chi connectivity index (χ4v) is 2.13. The van der Waals surface area contributed by atoms with E-state index >= 15 is 0 Å². The average molecular weight is 227 g/mol. The van der Waals surface area contributed by atoms with E-state index in [-0.39, 0.29) is 0 Å². The highest BCUT2D eigenvalue weighted by Crippen LogP contribution is 2.28. The molecule has 0 aromatic carbocycles. The Kier molecular flexibility index (Phi) is 5.59. The van der Waals surface area contributed by atoms with Gasteiger partial charge in [-0.25, -0.2) is 0 Å². The van der Waals surface area contributed by atoms with E-state index in [9.17, 15) is 0 Å². The van der Waals surface area contributed by atoms with Crippen molar-refractivity contribution in [1.82, 2.24) is 5.32 Å². The molecular formula is C13H25NO2. The van der Waals surface area contributed by atoms with Crippen molar-refractivity contribution in [1.29, 1.82) is 0 Å². The molecule has 3 heteroatoms. The molecular weight excluding hydrogens is 202 g/mol. The number of hydrogen-bond acceptors (Lipinski definition) is 3. The zero-order chi connectivity index (χ0) is 11.1. The fourth-order valence-electron chi connectivity index (χ4n) is 2.13. The van der Waals surface area contributed by atoms with E-state index in [2.05, 4.69) is 5.32 Å². The predicted molar refractivity (Wildman–Crippen MR) is 64.6 cm³/mol. The van der Waals surface area contributed by atoms with Crippen molar-refractivity contribution in [3.8, 4) is 0 Å². The van der Waals surface area contributed by atoms with Crippen LogP contribution in [0.3, 0.4) is 0 Å². The number of hydrogen-bond donors (Lipinski definition) is 1. The first kappa shape index (κ1) is 12.3. The lowest BCUT2D eigenvalue weighted by atomic mass is 10.1. The van der Waals surface area contributed by atoms with E-state index in [0.29, 0.717) is 6.10 Å². The SMILES string of the molecule is C(CNCCOCC1CC1)CC1CCCO1. The van der Waals surface area contributed by atoms with Crippen molar-refractivity contribution in [2.45, 2.75) is 44.6 Å². The topological polar surface area (TPSA) is 30.5 Å². The molecule has 16 heavy (non-hydrogen) atoms. The summed E-state index contributed by atoms with van der Waals surface area (Å²) >= 11 is 0. The number of rotatable bonds is 9. The molecule has 0 spiro atoms. The molecule has 1 saturated carbocycles. The molecule has 0 radical (unpaired) electrons. The van der Waals surface area contributed by atoms with Crippen LogP contribution < -0.4 is 5.32 Å². The lowest BCUT2D eigenvalue weighted by Gasteiger charge is -2.09. The summed E-state index contributed by atoms with van der Waals surface area (Å²) in [6.45, 7) is 4.94. The minimum absolute atomic E-state index is 0.549. The Morgan fingerprint density at radius 1 is 1.19 bits per heavy atom. The molecule has 2 aliphatic rings. The normalized spacial score (nSPS) is 25.1. The van der Waals surface area contributed by atoms with Gasteiger partial charge < -0.3 is 14.8 Å². The summed E-state index contributed by atoms with van der Waals surface area (Å²) < 4.78 is 11.1. The molecule has 94 valence electrons. The third-order valence-electron chi connectivity index (χ3n) is 3.38. The second-order valence-corrected chi connectivity index (χ2v) is 5.05. The van der Waals surface area contributed by atoms with Gasteiger partial charge in [-0.15, -0.1) is 0 Å². The van der Waals surface area contributed by atoms with Gasteiger partial charge in [0.05, 0.1) is 12.7 Å². The predicted octanol–water partition coefficient (Wildman–Crippen LogP) is 1.96. The smallest absolute Gasteiger partial charge is 0.0591 e. The highest BCUT2D eigenvalue weighted by molar-refractivity contribution is 4.72. The van der Waals surface area contributed by atoms with Crippen LogP contribution in [-0.2, 0) is 9.47 Å². The maximum absolute atomic E-state index is 5.58. The lowest BCUT2D eigenvalue weighted by molar-refractivity contribution is 0.102. The van der Waals surface area contributed by atoms with Gasteiger partial charge in [-0.3, -0.25) is 0 Å². The maximum atomic E-state index is 5.58. The van der Waals surface area contributed by atoms with Crippen molar-refractivity contribution in [2.75, 3.05) is 32.9 Å². The summed E-state index contributed by atoms with van der Waals surface area (Å²) in [5.74, 6) is 0.888. The Morgan fingerprint density at radius 2 is 2.12 bits per heavy atom. The summed E-state index contributed by atoms with van der Waals surface area (Å²) in [4.78, 5) is 0. The molecule has 1 N–H and O–H groups in total. The monoisotopic (exact) mass is 227 g/mol. The molecule has 3 nitrogen and oxygen atoms in total. The average Bonchev–Trinajstić information content (AvgIpc) is 2.97. The van der Waals surface area contributed by atoms with E-state index in [0.717, 1.165) is 38.8 Å². The summed E-state index contributed by atoms with van der Waals surface area (Å²) in [5.41, 5.74) is 0. The summed E-state index contributed by atoms with van der Waals surface area (Å²) in [7, 11) is 0. The van der Waals surface area contributed by atoms with Crippen molar-refractivity contribution >= 4 is 0 Å². The quantitative estimate of drug-likeness (QED) is 0.611. The van der Waals surface area contributed by atoms with Crippen LogP contribution in [0.4, 0.5) is 0 Å². The van der Waals surface area contributed by atoms with Gasteiger partial charge in [0.1, 0.15) is 0 Å². The van der Waals surface area contributed by atoms with Crippen LogP contribution in [0, 0.1) is 5.92 Å². The lowest BCUT2D eigenvalue weighted by Crippen LogP contribution is -2.22. The number of ether oxygens (including phenoxy) is 2. The third-order valence-corrected chi connectivity index (χ3v) is 3.38. The molecule has 2 rings (SSSR count). The highest BCUT2D eigenvalue weighted by atomic mass is 16.5. The Balaban J connectivity index is 1.29. The molecule has 2 fully saturated rings. The van der Waals surface area contributed by atoms with Crippen LogP contribution in [0.5, 0.6) is 0 Å². The van der Waals surface area contributed by atoms with Gasteiger partial charge >= 0.3 is 0 Å². The molecule has 1 unspecified atom stereocenters. The first-order valence-corrected chi connectivity index (χ1v) is 6.85. The molecule has 1 aliphatic carbocycles. The standard InChI is InChI=1S/C13H25NO2/c1(3-13-4-2-9-16-13)7-14-8-10-15-11-12-5-6-12/h12-14H,1-11H2. The minimum atomic E-state index is 0.549. The molecule has 0 amide bonds. The Hall–Kier alpha value is -0.120. The molecule has 0 bridgehead atoms. The third kappa shape index (κ3) is 5.28. The van der Waals surface area contributed by atoms with Gasteiger partial charge in [0, 0.05) is 19.8 Å². The van der Waals surface area contributed by atoms with Gasteiger partial charge in [-0.05, 0) is 51.0 Å². The second kappa shape index (κ2) is 7.25. The Labute approximate surface area is 98.9 Å². The van der Waals surface area contributed by atoms with Crippen LogP contribution in [0.1, 0.15) is 38.5 Å². The van der Waals surface area contributed by atoms with Gasteiger partial charge in [-0.1, -0.05) is 0 Å². The zero-order valence-electron chi connectivity index (χ0n) is 10.2. The second-order valence-electron chi connectivity index (χ2n) is 5.05. The summed E-state index contributed by atoms with van der Waals surface area (Å²) in [6, 6.07) is 0. The van der Waals surface area contributed by atoms with E-state index in [1.54, 1.807) is 0 Å². The van der Waals surface area contributed by atoms with Gasteiger partial charge in [0.25, 0.3) is 0 Å². The van der Waals surface area contributed by atoms with E-state index in [4.69, 9.17) is 9.47 Å². The van der Waals surface area contributed by atoms with Crippen LogP contribution in [-0.4, -0.2) is 39.0 Å². The highest BCUT2D eigenvalue weighted by Gasteiger charge is 2.20. The molecule has 0 aromatic heterocycles. The van der Waals surface area contributed by atoms with Crippen LogP contribution >= 0.6 is 0 Å². The summed E-state index contributed by atoms with van der Waals surface area (Å²) in [5, 5.41) is 3.42. The van der Waals surface area contributed by atoms with Crippen molar-refractivity contribution in [2.24, 2.45) is 5.92 Å². The van der Waals surface area contributed by atoms with Gasteiger partial charge in [-0.2, -0.15) is 0 Å². The molecule has 0 aromatic rings. The molecule has 1 atom stereocenters. The van der Waals surface area contributed by atoms with Crippen molar-refractivity contribution < 1.29 is 9.47 Å². The molecule has 1 heterocycles. The number of nitrogens with one attached hydrogen (secondary N) is 1. The fraction of sp³-hybridized carbons (Fsp3) is 1.00. The first-order valence-electron chi connectivity index (χ1n) is 6.85. The van der Waals surface area contributed by atoms with E-state index in [1.807, 2.05) is 0 Å². The zero-order valence-corrected chi connectivity index (χ0v) is 10.2. The summed E-state index contributed by atoms with van der Waals surface area (Å²) in [6.07, 6.45) is 8.29. The van der Waals surface area contributed by atoms with Crippen LogP contribution in [0.2, 0.25) is 0 Å². The van der Waals surface area contributed by atoms with Gasteiger partial charge in [0.2, 0.25) is 0 Å². The minimum Gasteiger partial charge on any atom is -0.380 e. The van der Waals surface area contributed by atoms with Gasteiger partial charge in [0.15, 0.2) is 0 Å². The van der Waals surface area contributed by atoms with E-state index in [1.165, 1.54) is 38.5 Å². The largest absolute Gasteiger partial charge is 0.380 e. The van der Waals surface area contributed by atoms with E-state index < -0.39 is 0 Å². The first-order chi connectivity index (χ1) is 7.95. The van der Waals surface area contributed by atoms with Crippen LogP contribution in [0.25, 0.3) is 0 Å². The Bertz CT molecular complexity index is 177. The Morgan fingerprint density at radius 3 is 2.88 bits per heavy atom. The maximum Gasteiger partial charge on any atom is 0.0591 e. The van der Waals surface area contributed by atoms with Crippen molar-refractivity contribution in [3.05, 3.63) is 0 Å². The van der Waals surface area contributed by atoms with Crippen LogP contribution in [0.15, 0.2) is 0 Å². The van der Waals surface area contributed by atoms with Crippen molar-refractivity contribution in [3.63, 3.8) is 0 Å².